The predicted octanol–water partition coefficient (Wildman–Crippen LogP) is 4.23. The maximum Gasteiger partial charge on any atom is 0.0699 e. The van der Waals surface area contributed by atoms with E-state index in [0.29, 0.717) is 6.04 Å². The van der Waals surface area contributed by atoms with Gasteiger partial charge in [-0.3, -0.25) is 4.68 Å². The van der Waals surface area contributed by atoms with E-state index in [1.807, 2.05) is 23.0 Å². The molecule has 1 aromatic heterocycles. The van der Waals surface area contributed by atoms with Crippen molar-refractivity contribution < 1.29 is 0 Å². The van der Waals surface area contributed by atoms with Crippen molar-refractivity contribution >= 4 is 31.9 Å². The third-order valence-electron chi connectivity index (χ3n) is 2.97. The molecule has 1 aromatic carbocycles. The largest absolute Gasteiger partial charge is 0.322 e. The summed E-state index contributed by atoms with van der Waals surface area (Å²) in [5.74, 6) is 0. The Morgan fingerprint density at radius 3 is 2.68 bits per heavy atom. The summed E-state index contributed by atoms with van der Waals surface area (Å²) in [5, 5.41) is 4.38. The van der Waals surface area contributed by atoms with E-state index in [4.69, 9.17) is 5.73 Å². The number of nitrogens with zero attached hydrogens (tertiary/aromatic N) is 2. The molecule has 2 rings (SSSR count). The molecule has 0 bridgehead atoms. The van der Waals surface area contributed by atoms with Crippen molar-refractivity contribution in [2.24, 2.45) is 5.73 Å². The number of nitrogens with two attached hydrogens (primary N) is 1. The second-order valence-corrected chi connectivity index (χ2v) is 6.63. The van der Waals surface area contributed by atoms with Crippen LogP contribution >= 0.6 is 31.9 Å². The number of rotatable bonds is 4. The molecule has 0 saturated carbocycles. The van der Waals surface area contributed by atoms with E-state index < -0.39 is 0 Å². The Morgan fingerprint density at radius 2 is 2.05 bits per heavy atom. The summed E-state index contributed by atoms with van der Waals surface area (Å²) in [4.78, 5) is 0. The molecule has 0 spiro atoms. The standard InChI is InChI=1S/C14H17Br2N3/c1-9(2)19-14(12(16)8-18-19)13(17)7-10-4-3-5-11(15)6-10/h3-6,8-9,13H,7,17H2,1-2H3. The van der Waals surface area contributed by atoms with Crippen LogP contribution in [0.4, 0.5) is 0 Å². The molecule has 0 saturated heterocycles. The van der Waals surface area contributed by atoms with Crippen LogP contribution in [-0.4, -0.2) is 9.78 Å². The second-order valence-electron chi connectivity index (χ2n) is 4.86. The highest BCUT2D eigenvalue weighted by Crippen LogP contribution is 2.27. The minimum atomic E-state index is -0.0754. The van der Waals surface area contributed by atoms with Crippen molar-refractivity contribution in [3.8, 4) is 0 Å². The average molecular weight is 387 g/mol. The molecule has 1 unspecified atom stereocenters. The van der Waals surface area contributed by atoms with Crippen molar-refractivity contribution in [3.63, 3.8) is 0 Å². The highest BCUT2D eigenvalue weighted by Gasteiger charge is 2.18. The Bertz CT molecular complexity index is 564. The zero-order valence-electron chi connectivity index (χ0n) is 11.0. The predicted molar refractivity (Wildman–Crippen MR) is 85.1 cm³/mol. The summed E-state index contributed by atoms with van der Waals surface area (Å²) >= 11 is 7.03. The Hall–Kier alpha value is -0.650. The van der Waals surface area contributed by atoms with Gasteiger partial charge in [0.05, 0.1) is 22.4 Å². The Balaban J connectivity index is 2.25. The van der Waals surface area contributed by atoms with Gasteiger partial charge in [0.25, 0.3) is 0 Å². The van der Waals surface area contributed by atoms with Crippen molar-refractivity contribution in [3.05, 3.63) is 50.7 Å². The fourth-order valence-electron chi connectivity index (χ4n) is 2.12. The van der Waals surface area contributed by atoms with Crippen LogP contribution in [-0.2, 0) is 6.42 Å². The van der Waals surface area contributed by atoms with Crippen LogP contribution in [0.1, 0.15) is 37.2 Å². The molecule has 2 N–H and O–H groups in total. The zero-order valence-corrected chi connectivity index (χ0v) is 14.1. The minimum absolute atomic E-state index is 0.0754. The molecule has 0 amide bonds. The van der Waals surface area contributed by atoms with Crippen molar-refractivity contribution in [2.75, 3.05) is 0 Å². The van der Waals surface area contributed by atoms with Crippen LogP contribution < -0.4 is 5.73 Å². The smallest absolute Gasteiger partial charge is 0.0699 e. The van der Waals surface area contributed by atoms with Gasteiger partial charge >= 0.3 is 0 Å². The van der Waals surface area contributed by atoms with Crippen molar-refractivity contribution in [2.45, 2.75) is 32.4 Å². The molecule has 3 nitrogen and oxygen atoms in total. The number of hydrogen-bond donors (Lipinski definition) is 1. The van der Waals surface area contributed by atoms with E-state index >= 15 is 0 Å². The van der Waals surface area contributed by atoms with Crippen LogP contribution in [0, 0.1) is 0 Å². The fourth-order valence-corrected chi connectivity index (χ4v) is 3.14. The van der Waals surface area contributed by atoms with E-state index in [1.54, 1.807) is 0 Å². The Kier molecular flexibility index (Phi) is 4.81. The molecule has 2 aromatic rings. The number of hydrogen-bond acceptors (Lipinski definition) is 2. The molecule has 19 heavy (non-hydrogen) atoms. The lowest BCUT2D eigenvalue weighted by Crippen LogP contribution is -2.20. The first-order chi connectivity index (χ1) is 8.99. The molecule has 1 atom stereocenters. The van der Waals surface area contributed by atoms with Gasteiger partial charge in [0.1, 0.15) is 0 Å². The van der Waals surface area contributed by atoms with Gasteiger partial charge in [0.2, 0.25) is 0 Å². The molecule has 0 aliphatic carbocycles. The van der Waals surface area contributed by atoms with Gasteiger partial charge in [-0.15, -0.1) is 0 Å². The molecule has 0 aliphatic heterocycles. The Morgan fingerprint density at radius 1 is 1.32 bits per heavy atom. The first-order valence-electron chi connectivity index (χ1n) is 6.22. The second kappa shape index (κ2) is 6.20. The summed E-state index contributed by atoms with van der Waals surface area (Å²) in [6, 6.07) is 8.46. The lowest BCUT2D eigenvalue weighted by molar-refractivity contribution is 0.484. The first-order valence-corrected chi connectivity index (χ1v) is 7.80. The third-order valence-corrected chi connectivity index (χ3v) is 4.08. The van der Waals surface area contributed by atoms with Gasteiger partial charge in [-0.25, -0.2) is 0 Å². The maximum atomic E-state index is 6.35. The van der Waals surface area contributed by atoms with Gasteiger partial charge in [-0.05, 0) is 53.9 Å². The monoisotopic (exact) mass is 385 g/mol. The number of aromatic nitrogens is 2. The lowest BCUT2D eigenvalue weighted by Gasteiger charge is -2.17. The molecule has 0 fully saturated rings. The van der Waals surface area contributed by atoms with Crippen LogP contribution in [0.25, 0.3) is 0 Å². The average Bonchev–Trinajstić information content (AvgIpc) is 2.71. The number of benzene rings is 1. The van der Waals surface area contributed by atoms with Crippen LogP contribution in [0.2, 0.25) is 0 Å². The van der Waals surface area contributed by atoms with Gasteiger partial charge in [0.15, 0.2) is 0 Å². The van der Waals surface area contributed by atoms with Crippen molar-refractivity contribution in [1.82, 2.24) is 9.78 Å². The van der Waals surface area contributed by atoms with E-state index in [1.165, 1.54) is 5.56 Å². The van der Waals surface area contributed by atoms with E-state index in [-0.39, 0.29) is 6.04 Å². The van der Waals surface area contributed by atoms with Gasteiger partial charge in [-0.1, -0.05) is 28.1 Å². The van der Waals surface area contributed by atoms with E-state index in [9.17, 15) is 0 Å². The van der Waals surface area contributed by atoms with Gasteiger partial charge < -0.3 is 5.73 Å². The van der Waals surface area contributed by atoms with E-state index in [0.717, 1.165) is 21.1 Å². The summed E-state index contributed by atoms with van der Waals surface area (Å²) in [5.41, 5.74) is 8.62. The fraction of sp³-hybridized carbons (Fsp3) is 0.357. The summed E-state index contributed by atoms with van der Waals surface area (Å²) < 4.78 is 4.03. The highest BCUT2D eigenvalue weighted by molar-refractivity contribution is 9.10. The van der Waals surface area contributed by atoms with Crippen LogP contribution in [0.15, 0.2) is 39.4 Å². The van der Waals surface area contributed by atoms with Crippen molar-refractivity contribution in [1.29, 1.82) is 0 Å². The SMILES string of the molecule is CC(C)n1ncc(Br)c1C(N)Cc1cccc(Br)c1. The third kappa shape index (κ3) is 3.46. The Labute approximate surface area is 130 Å². The molecular formula is C14H17Br2N3. The zero-order chi connectivity index (χ0) is 14.0. The quantitative estimate of drug-likeness (QED) is 0.854. The topological polar surface area (TPSA) is 43.8 Å². The molecule has 1 heterocycles. The molecule has 0 radical (unpaired) electrons. The summed E-state index contributed by atoms with van der Waals surface area (Å²) in [6.07, 6.45) is 2.60. The number of halogens is 2. The van der Waals surface area contributed by atoms with Crippen LogP contribution in [0.5, 0.6) is 0 Å². The lowest BCUT2D eigenvalue weighted by atomic mass is 10.0. The normalized spacial score (nSPS) is 12.9. The van der Waals surface area contributed by atoms with E-state index in [2.05, 4.69) is 62.9 Å². The maximum absolute atomic E-state index is 6.35. The van der Waals surface area contributed by atoms with Gasteiger partial charge in [-0.2, -0.15) is 5.10 Å². The molecule has 102 valence electrons. The van der Waals surface area contributed by atoms with Crippen LogP contribution in [0.3, 0.4) is 0 Å². The summed E-state index contributed by atoms with van der Waals surface area (Å²) in [6.45, 7) is 4.21. The molecule has 5 heteroatoms. The highest BCUT2D eigenvalue weighted by atomic mass is 79.9. The summed E-state index contributed by atoms with van der Waals surface area (Å²) in [7, 11) is 0. The first kappa shape index (κ1) is 14.8. The molecule has 0 aliphatic rings. The van der Waals surface area contributed by atoms with Gasteiger partial charge in [0, 0.05) is 10.5 Å². The molecular weight excluding hydrogens is 370 g/mol. The minimum Gasteiger partial charge on any atom is -0.322 e.